The molecule has 0 amide bonds. The fourth-order valence-corrected chi connectivity index (χ4v) is 7.66. The van der Waals surface area contributed by atoms with Gasteiger partial charge in [0, 0.05) is 6.61 Å². The molecule has 4 aliphatic carbocycles. The molecule has 1 heterocycles. The zero-order valence-corrected chi connectivity index (χ0v) is 19.2. The average molecular weight is 430 g/mol. The molecule has 5 heteroatoms. The van der Waals surface area contributed by atoms with Gasteiger partial charge in [0.25, 0.3) is 0 Å². The van der Waals surface area contributed by atoms with E-state index in [4.69, 9.17) is 9.47 Å². The molecule has 172 valence electrons. The smallest absolute Gasteiger partial charge is 0.142 e. The summed E-state index contributed by atoms with van der Waals surface area (Å²) < 4.78 is 11.5. The predicted octanol–water partition coefficient (Wildman–Crippen LogP) is 2.38. The van der Waals surface area contributed by atoms with E-state index in [-0.39, 0.29) is 6.10 Å². The summed E-state index contributed by atoms with van der Waals surface area (Å²) in [7, 11) is 1.74. The van der Waals surface area contributed by atoms with E-state index in [1.165, 1.54) is 55.5 Å². The molecule has 1 saturated heterocycles. The number of nitrogens with zero attached hydrogens (tertiary/aromatic N) is 1. The van der Waals surface area contributed by atoms with E-state index in [2.05, 4.69) is 17.0 Å². The maximum Gasteiger partial charge on any atom is 0.142 e. The van der Waals surface area contributed by atoms with Crippen molar-refractivity contribution in [2.45, 2.75) is 51.0 Å². The molecular formula is C26H41N2O3+. The number of quaternary nitrogens is 1. The third-order valence-corrected chi connectivity index (χ3v) is 8.67. The van der Waals surface area contributed by atoms with Gasteiger partial charge in [-0.15, -0.1) is 0 Å². The van der Waals surface area contributed by atoms with Gasteiger partial charge in [-0.1, -0.05) is 12.1 Å². The van der Waals surface area contributed by atoms with Crippen LogP contribution in [0.1, 0.15) is 44.9 Å². The van der Waals surface area contributed by atoms with Crippen LogP contribution in [0.5, 0.6) is 5.75 Å². The Labute approximate surface area is 187 Å². The number of methoxy groups -OCH3 is 1. The van der Waals surface area contributed by atoms with Crippen molar-refractivity contribution in [1.82, 2.24) is 0 Å². The lowest BCUT2D eigenvalue weighted by molar-refractivity contribution is -0.903. The number of ether oxygens (including phenoxy) is 2. The minimum atomic E-state index is -0.357. The summed E-state index contributed by atoms with van der Waals surface area (Å²) in [6, 6.07) is 8.25. The topological polar surface area (TPSA) is 46.4 Å². The van der Waals surface area contributed by atoms with Crippen LogP contribution >= 0.6 is 0 Å². The van der Waals surface area contributed by atoms with Crippen LogP contribution in [-0.4, -0.2) is 64.3 Å². The molecule has 5 fully saturated rings. The molecule has 0 aromatic heterocycles. The summed E-state index contributed by atoms with van der Waals surface area (Å²) in [6.45, 7) is 6.19. The monoisotopic (exact) mass is 429 g/mol. The highest BCUT2D eigenvalue weighted by Crippen LogP contribution is 2.61. The van der Waals surface area contributed by atoms with Gasteiger partial charge in [-0.05, 0) is 80.2 Å². The van der Waals surface area contributed by atoms with Crippen LogP contribution in [0.3, 0.4) is 0 Å². The van der Waals surface area contributed by atoms with Crippen molar-refractivity contribution in [3.8, 4) is 5.75 Å². The van der Waals surface area contributed by atoms with Crippen molar-refractivity contribution in [3.05, 3.63) is 24.3 Å². The summed E-state index contributed by atoms with van der Waals surface area (Å²) in [5.74, 6) is 3.97. The van der Waals surface area contributed by atoms with Gasteiger partial charge in [0.05, 0.1) is 45.6 Å². The Morgan fingerprint density at radius 2 is 1.71 bits per heavy atom. The largest absolute Gasteiger partial charge is 0.495 e. The summed E-state index contributed by atoms with van der Waals surface area (Å²) in [4.78, 5) is 3.87. The first kappa shape index (κ1) is 21.5. The zero-order chi connectivity index (χ0) is 21.3. The fourth-order valence-electron chi connectivity index (χ4n) is 7.66. The molecule has 4 bridgehead atoms. The number of hydrogen-bond acceptors (Lipinski definition) is 4. The third-order valence-electron chi connectivity index (χ3n) is 8.67. The normalized spacial score (nSPS) is 33.6. The van der Waals surface area contributed by atoms with Gasteiger partial charge < -0.3 is 24.4 Å². The SMILES string of the molecule is COc1ccccc1N1CC[NH+](C[C@H](O)COCCC23CC4CC(CC(C4)C2)C3)CC1. The second-order valence-corrected chi connectivity index (χ2v) is 11.0. The van der Waals surface area contributed by atoms with Gasteiger partial charge in [-0.3, -0.25) is 0 Å². The van der Waals surface area contributed by atoms with E-state index in [1.807, 2.05) is 12.1 Å². The molecular weight excluding hydrogens is 388 g/mol. The van der Waals surface area contributed by atoms with Crippen LogP contribution in [0.25, 0.3) is 0 Å². The summed E-state index contributed by atoms with van der Waals surface area (Å²) in [5, 5.41) is 10.5. The molecule has 1 aliphatic heterocycles. The van der Waals surface area contributed by atoms with Crippen LogP contribution in [0.4, 0.5) is 5.69 Å². The van der Waals surface area contributed by atoms with E-state index in [1.54, 1.807) is 7.11 Å². The second kappa shape index (κ2) is 9.29. The van der Waals surface area contributed by atoms with Crippen LogP contribution in [0.2, 0.25) is 0 Å². The first-order valence-corrected chi connectivity index (χ1v) is 12.6. The molecule has 6 rings (SSSR count). The van der Waals surface area contributed by atoms with Gasteiger partial charge in [0.1, 0.15) is 18.4 Å². The number of benzene rings is 1. The first-order valence-electron chi connectivity index (χ1n) is 12.6. The van der Waals surface area contributed by atoms with Crippen molar-refractivity contribution < 1.29 is 19.5 Å². The Hall–Kier alpha value is -1.30. The Kier molecular flexibility index (Phi) is 6.45. The highest BCUT2D eigenvalue weighted by Gasteiger charge is 2.50. The van der Waals surface area contributed by atoms with Crippen LogP contribution < -0.4 is 14.5 Å². The third kappa shape index (κ3) is 4.89. The lowest BCUT2D eigenvalue weighted by Gasteiger charge is -2.57. The number of piperazine rings is 1. The van der Waals surface area contributed by atoms with Crippen LogP contribution in [0, 0.1) is 23.2 Å². The van der Waals surface area contributed by atoms with E-state index < -0.39 is 0 Å². The second-order valence-electron chi connectivity index (χ2n) is 11.0. The number of aliphatic hydroxyl groups excluding tert-OH is 1. The Bertz CT molecular complexity index is 696. The average Bonchev–Trinajstić information content (AvgIpc) is 2.76. The predicted molar refractivity (Wildman–Crippen MR) is 123 cm³/mol. The minimum absolute atomic E-state index is 0.357. The molecule has 4 saturated carbocycles. The number of rotatable bonds is 9. The van der Waals surface area contributed by atoms with Gasteiger partial charge in [-0.2, -0.15) is 0 Å². The number of aliphatic hydroxyl groups is 1. The molecule has 31 heavy (non-hydrogen) atoms. The molecule has 1 atom stereocenters. The highest BCUT2D eigenvalue weighted by atomic mass is 16.5. The molecule has 5 nitrogen and oxygen atoms in total. The molecule has 1 aromatic rings. The Morgan fingerprint density at radius 1 is 1.06 bits per heavy atom. The maximum absolute atomic E-state index is 10.5. The quantitative estimate of drug-likeness (QED) is 0.592. The number of para-hydroxylation sites is 2. The van der Waals surface area contributed by atoms with Crippen LogP contribution in [-0.2, 0) is 4.74 Å². The zero-order valence-electron chi connectivity index (χ0n) is 19.2. The van der Waals surface area contributed by atoms with Crippen molar-refractivity contribution in [3.63, 3.8) is 0 Å². The Morgan fingerprint density at radius 3 is 2.35 bits per heavy atom. The number of anilines is 1. The highest BCUT2D eigenvalue weighted by molar-refractivity contribution is 5.58. The molecule has 0 unspecified atom stereocenters. The van der Waals surface area contributed by atoms with Crippen molar-refractivity contribution in [2.75, 3.05) is 57.9 Å². The molecule has 0 radical (unpaired) electrons. The summed E-state index contributed by atoms with van der Waals surface area (Å²) >= 11 is 0. The molecule has 2 N–H and O–H groups in total. The standard InChI is InChI=1S/C26H40N2O3/c1-30-25-5-3-2-4-24(25)28-9-7-27(8-10-28)18-23(29)19-31-11-6-26-15-20-12-21(16-26)14-22(13-20)17-26/h2-5,20-23,29H,6-19H2,1H3/p+1/t20?,21?,22?,23-,26?/m0/s1. The van der Waals surface area contributed by atoms with Crippen molar-refractivity contribution in [1.29, 1.82) is 0 Å². The van der Waals surface area contributed by atoms with Gasteiger partial charge in [-0.25, -0.2) is 0 Å². The van der Waals surface area contributed by atoms with Crippen LogP contribution in [0.15, 0.2) is 24.3 Å². The van der Waals surface area contributed by atoms with Gasteiger partial charge >= 0.3 is 0 Å². The Balaban J connectivity index is 1.01. The minimum Gasteiger partial charge on any atom is -0.495 e. The molecule has 5 aliphatic rings. The van der Waals surface area contributed by atoms with Gasteiger partial charge in [0.15, 0.2) is 0 Å². The molecule has 1 aromatic carbocycles. The summed E-state index contributed by atoms with van der Waals surface area (Å²) in [5.41, 5.74) is 1.76. The maximum atomic E-state index is 10.5. The van der Waals surface area contributed by atoms with Crippen molar-refractivity contribution in [2.24, 2.45) is 23.2 Å². The number of nitrogens with one attached hydrogen (secondary N) is 1. The van der Waals surface area contributed by atoms with E-state index in [0.29, 0.717) is 12.0 Å². The van der Waals surface area contributed by atoms with E-state index in [0.717, 1.165) is 62.8 Å². The van der Waals surface area contributed by atoms with E-state index >= 15 is 0 Å². The van der Waals surface area contributed by atoms with Gasteiger partial charge in [0.2, 0.25) is 0 Å². The van der Waals surface area contributed by atoms with E-state index in [9.17, 15) is 5.11 Å². The first-order chi connectivity index (χ1) is 15.1. The summed E-state index contributed by atoms with van der Waals surface area (Å²) in [6.07, 6.45) is 9.73. The lowest BCUT2D eigenvalue weighted by Crippen LogP contribution is -3.16. The molecule has 0 spiro atoms. The fraction of sp³-hybridized carbons (Fsp3) is 0.769. The lowest BCUT2D eigenvalue weighted by atomic mass is 9.49. The number of hydrogen-bond donors (Lipinski definition) is 2. The van der Waals surface area contributed by atoms with Crippen molar-refractivity contribution >= 4 is 5.69 Å².